The quantitative estimate of drug-likeness (QED) is 0.226. The molecule has 134 valence electrons. The summed E-state index contributed by atoms with van der Waals surface area (Å²) in [6.07, 6.45) is 4.79. The molecule has 0 saturated heterocycles. The van der Waals surface area contributed by atoms with E-state index < -0.39 is 5.60 Å². The molecule has 1 unspecified atom stereocenters. The number of furan rings is 1. The fourth-order valence-corrected chi connectivity index (χ4v) is 1.99. The van der Waals surface area contributed by atoms with Crippen LogP contribution in [0, 0.1) is 0 Å². The number of nitrogens with one attached hydrogen (secondary N) is 2. The lowest BCUT2D eigenvalue weighted by Gasteiger charge is -2.19. The number of guanidine groups is 1. The second kappa shape index (κ2) is 12.6. The summed E-state index contributed by atoms with van der Waals surface area (Å²) < 4.78 is 10.3. The summed E-state index contributed by atoms with van der Waals surface area (Å²) in [5, 5.41) is 16.8. The highest BCUT2D eigenvalue weighted by molar-refractivity contribution is 14.0. The van der Waals surface area contributed by atoms with Gasteiger partial charge in [0, 0.05) is 26.8 Å². The maximum Gasteiger partial charge on any atom is 0.191 e. The first-order valence-electron chi connectivity index (χ1n) is 7.87. The standard InChI is InChI=1S/C16H29N3O3.HI/c1-4-17-15(18-10-6-5-7-11-21-3)19-13-16(2,20)14-9-8-12-22-14;/h8-9,12,20H,4-7,10-11,13H2,1-3H3,(H2,17,18,19);1H. The van der Waals surface area contributed by atoms with Crippen LogP contribution < -0.4 is 10.6 Å². The second-order valence-electron chi connectivity index (χ2n) is 5.43. The Balaban J connectivity index is 0.00000484. The van der Waals surface area contributed by atoms with Gasteiger partial charge in [0.05, 0.1) is 12.8 Å². The van der Waals surface area contributed by atoms with Gasteiger partial charge in [-0.3, -0.25) is 0 Å². The smallest absolute Gasteiger partial charge is 0.191 e. The molecule has 0 amide bonds. The SMILES string of the molecule is CCNC(=NCC(C)(O)c1ccco1)NCCCCCOC.I. The summed E-state index contributed by atoms with van der Waals surface area (Å²) in [5.74, 6) is 1.23. The van der Waals surface area contributed by atoms with Crippen molar-refractivity contribution in [1.82, 2.24) is 10.6 Å². The molecule has 6 nitrogen and oxygen atoms in total. The monoisotopic (exact) mass is 439 g/mol. The van der Waals surface area contributed by atoms with Crippen molar-refractivity contribution >= 4 is 29.9 Å². The number of hydrogen-bond acceptors (Lipinski definition) is 4. The molecule has 1 heterocycles. The van der Waals surface area contributed by atoms with Gasteiger partial charge in [-0.05, 0) is 45.2 Å². The van der Waals surface area contributed by atoms with E-state index in [-0.39, 0.29) is 30.5 Å². The molecule has 0 bridgehead atoms. The van der Waals surface area contributed by atoms with Crippen LogP contribution in [0.3, 0.4) is 0 Å². The number of ether oxygens (including phenoxy) is 1. The third kappa shape index (κ3) is 9.17. The predicted molar refractivity (Wildman–Crippen MR) is 103 cm³/mol. The highest BCUT2D eigenvalue weighted by atomic mass is 127. The van der Waals surface area contributed by atoms with Gasteiger partial charge in [-0.2, -0.15) is 0 Å². The lowest BCUT2D eigenvalue weighted by atomic mass is 10.0. The summed E-state index contributed by atoms with van der Waals surface area (Å²) in [6.45, 7) is 6.38. The topological polar surface area (TPSA) is 79.0 Å². The number of rotatable bonds is 10. The van der Waals surface area contributed by atoms with Crippen molar-refractivity contribution in [1.29, 1.82) is 0 Å². The molecule has 0 aliphatic heterocycles. The number of unbranched alkanes of at least 4 members (excludes halogenated alkanes) is 2. The van der Waals surface area contributed by atoms with E-state index in [9.17, 15) is 5.11 Å². The molecular formula is C16H30IN3O3. The van der Waals surface area contributed by atoms with Gasteiger partial charge in [0.25, 0.3) is 0 Å². The molecule has 0 aliphatic rings. The number of hydrogen-bond donors (Lipinski definition) is 3. The summed E-state index contributed by atoms with van der Waals surface area (Å²) in [4.78, 5) is 4.43. The van der Waals surface area contributed by atoms with Gasteiger partial charge in [-0.15, -0.1) is 24.0 Å². The molecule has 0 radical (unpaired) electrons. The van der Waals surface area contributed by atoms with Crippen molar-refractivity contribution in [2.24, 2.45) is 4.99 Å². The van der Waals surface area contributed by atoms with Gasteiger partial charge in [0.1, 0.15) is 11.4 Å². The molecule has 0 aromatic carbocycles. The van der Waals surface area contributed by atoms with E-state index in [4.69, 9.17) is 9.15 Å². The van der Waals surface area contributed by atoms with Crippen LogP contribution >= 0.6 is 24.0 Å². The highest BCUT2D eigenvalue weighted by Crippen LogP contribution is 2.20. The molecule has 0 saturated carbocycles. The molecule has 1 aromatic heterocycles. The maximum absolute atomic E-state index is 10.4. The minimum Gasteiger partial charge on any atom is -0.466 e. The van der Waals surface area contributed by atoms with Crippen molar-refractivity contribution in [2.75, 3.05) is 33.4 Å². The Hall–Kier alpha value is -0.800. The zero-order valence-electron chi connectivity index (χ0n) is 14.3. The van der Waals surface area contributed by atoms with Crippen LogP contribution in [0.5, 0.6) is 0 Å². The average molecular weight is 439 g/mol. The van der Waals surface area contributed by atoms with E-state index in [1.165, 1.54) is 0 Å². The summed E-state index contributed by atoms with van der Waals surface area (Å²) in [6, 6.07) is 3.52. The third-order valence-corrected chi connectivity index (χ3v) is 3.26. The highest BCUT2D eigenvalue weighted by Gasteiger charge is 2.25. The van der Waals surface area contributed by atoms with E-state index in [0.717, 1.165) is 39.0 Å². The fraction of sp³-hybridized carbons (Fsp3) is 0.688. The Kier molecular flexibility index (Phi) is 12.2. The number of halogens is 1. The van der Waals surface area contributed by atoms with Gasteiger partial charge in [0.2, 0.25) is 0 Å². The lowest BCUT2D eigenvalue weighted by molar-refractivity contribution is 0.0437. The van der Waals surface area contributed by atoms with Crippen molar-refractivity contribution in [3.8, 4) is 0 Å². The van der Waals surface area contributed by atoms with Crippen LogP contribution in [-0.4, -0.2) is 44.4 Å². The number of aliphatic hydroxyl groups is 1. The Labute approximate surface area is 156 Å². The van der Waals surface area contributed by atoms with Crippen LogP contribution in [0.1, 0.15) is 38.9 Å². The Morgan fingerprint density at radius 3 is 2.74 bits per heavy atom. The summed E-state index contributed by atoms with van der Waals surface area (Å²) in [5.41, 5.74) is -1.11. The molecule has 1 aromatic rings. The second-order valence-corrected chi connectivity index (χ2v) is 5.43. The van der Waals surface area contributed by atoms with Gasteiger partial charge in [-0.1, -0.05) is 0 Å². The first-order valence-corrected chi connectivity index (χ1v) is 7.87. The van der Waals surface area contributed by atoms with E-state index in [0.29, 0.717) is 11.7 Å². The van der Waals surface area contributed by atoms with E-state index in [2.05, 4.69) is 15.6 Å². The normalized spacial score (nSPS) is 14.0. The van der Waals surface area contributed by atoms with Gasteiger partial charge in [0.15, 0.2) is 5.96 Å². The van der Waals surface area contributed by atoms with E-state index in [1.54, 1.807) is 32.4 Å². The maximum atomic E-state index is 10.4. The molecule has 0 aliphatic carbocycles. The first kappa shape index (κ1) is 22.2. The molecule has 0 fully saturated rings. The molecule has 1 atom stereocenters. The minimum atomic E-state index is -1.11. The van der Waals surface area contributed by atoms with Crippen LogP contribution in [0.4, 0.5) is 0 Å². The molecule has 3 N–H and O–H groups in total. The number of methoxy groups -OCH3 is 1. The van der Waals surface area contributed by atoms with Crippen molar-refractivity contribution in [3.05, 3.63) is 24.2 Å². The Morgan fingerprint density at radius 2 is 2.13 bits per heavy atom. The fourth-order valence-electron chi connectivity index (χ4n) is 1.99. The van der Waals surface area contributed by atoms with E-state index >= 15 is 0 Å². The minimum absolute atomic E-state index is 0. The molecule has 1 rings (SSSR count). The van der Waals surface area contributed by atoms with Crippen LogP contribution in [0.25, 0.3) is 0 Å². The number of aliphatic imine (C=N–C) groups is 1. The van der Waals surface area contributed by atoms with Crippen molar-refractivity contribution < 1.29 is 14.3 Å². The lowest BCUT2D eigenvalue weighted by Crippen LogP contribution is -2.39. The molecule has 0 spiro atoms. The third-order valence-electron chi connectivity index (χ3n) is 3.26. The van der Waals surface area contributed by atoms with Crippen molar-refractivity contribution in [3.63, 3.8) is 0 Å². The molecular weight excluding hydrogens is 409 g/mol. The predicted octanol–water partition coefficient (Wildman–Crippen LogP) is 2.48. The largest absolute Gasteiger partial charge is 0.466 e. The zero-order valence-corrected chi connectivity index (χ0v) is 16.6. The van der Waals surface area contributed by atoms with Crippen LogP contribution in [-0.2, 0) is 10.3 Å². The summed E-state index contributed by atoms with van der Waals surface area (Å²) >= 11 is 0. The Morgan fingerprint density at radius 1 is 1.35 bits per heavy atom. The van der Waals surface area contributed by atoms with Gasteiger partial charge < -0.3 is 24.9 Å². The van der Waals surface area contributed by atoms with Gasteiger partial charge in [-0.25, -0.2) is 4.99 Å². The van der Waals surface area contributed by atoms with E-state index in [1.807, 2.05) is 6.92 Å². The molecule has 7 heteroatoms. The van der Waals surface area contributed by atoms with Crippen LogP contribution in [0.2, 0.25) is 0 Å². The first-order chi connectivity index (χ1) is 10.6. The average Bonchev–Trinajstić information content (AvgIpc) is 3.03. The van der Waals surface area contributed by atoms with Crippen LogP contribution in [0.15, 0.2) is 27.8 Å². The van der Waals surface area contributed by atoms with Crippen molar-refractivity contribution in [2.45, 2.75) is 38.7 Å². The van der Waals surface area contributed by atoms with Gasteiger partial charge >= 0.3 is 0 Å². The summed E-state index contributed by atoms with van der Waals surface area (Å²) in [7, 11) is 1.72. The molecule has 23 heavy (non-hydrogen) atoms. The Bertz CT molecular complexity index is 422. The zero-order chi connectivity index (χ0) is 16.3. The number of nitrogens with zero attached hydrogens (tertiary/aromatic N) is 1.